The molecular weight excluding hydrogens is 270 g/mol. The summed E-state index contributed by atoms with van der Waals surface area (Å²) in [7, 11) is 4.79. The first-order chi connectivity index (χ1) is 10.2. The van der Waals surface area contributed by atoms with Crippen LogP contribution in [0, 0.1) is 6.92 Å². The molecule has 21 heavy (non-hydrogen) atoms. The largest absolute Gasteiger partial charge is 0.493 e. The van der Waals surface area contributed by atoms with Crippen LogP contribution < -0.4 is 19.5 Å². The molecule has 1 heterocycles. The van der Waals surface area contributed by atoms with E-state index in [1.807, 2.05) is 25.1 Å². The van der Waals surface area contributed by atoms with E-state index in [2.05, 4.69) is 15.3 Å². The van der Waals surface area contributed by atoms with Gasteiger partial charge in [-0.1, -0.05) is 0 Å². The van der Waals surface area contributed by atoms with Crippen molar-refractivity contribution in [3.8, 4) is 17.2 Å². The molecule has 2 aromatic rings. The first-order valence-corrected chi connectivity index (χ1v) is 6.50. The summed E-state index contributed by atoms with van der Waals surface area (Å²) in [5.74, 6) is 2.63. The summed E-state index contributed by atoms with van der Waals surface area (Å²) in [5, 5.41) is 3.24. The number of hydrogen-bond acceptors (Lipinski definition) is 6. The van der Waals surface area contributed by atoms with Crippen molar-refractivity contribution in [2.24, 2.45) is 0 Å². The number of aryl methyl sites for hydroxylation is 1. The van der Waals surface area contributed by atoms with Gasteiger partial charge in [0.25, 0.3) is 0 Å². The number of methoxy groups -OCH3 is 3. The van der Waals surface area contributed by atoms with Crippen molar-refractivity contribution in [2.75, 3.05) is 26.6 Å². The zero-order valence-electron chi connectivity index (χ0n) is 12.6. The van der Waals surface area contributed by atoms with Crippen molar-refractivity contribution in [3.05, 3.63) is 35.8 Å². The lowest BCUT2D eigenvalue weighted by Gasteiger charge is -2.16. The predicted molar refractivity (Wildman–Crippen MR) is 80.2 cm³/mol. The number of hydrogen-bond donors (Lipinski definition) is 1. The Morgan fingerprint density at radius 1 is 1.00 bits per heavy atom. The molecule has 0 aliphatic carbocycles. The van der Waals surface area contributed by atoms with Gasteiger partial charge in [-0.05, 0) is 19.1 Å². The molecule has 0 atom stereocenters. The van der Waals surface area contributed by atoms with E-state index < -0.39 is 0 Å². The van der Waals surface area contributed by atoms with Crippen LogP contribution in [-0.2, 0) is 6.54 Å². The summed E-state index contributed by atoms with van der Waals surface area (Å²) >= 11 is 0. The average Bonchev–Trinajstić information content (AvgIpc) is 2.51. The molecule has 0 unspecified atom stereocenters. The lowest BCUT2D eigenvalue weighted by atomic mass is 10.1. The first-order valence-electron chi connectivity index (χ1n) is 6.50. The Labute approximate surface area is 124 Å². The Kier molecular flexibility index (Phi) is 4.81. The highest BCUT2D eigenvalue weighted by Crippen LogP contribution is 2.39. The van der Waals surface area contributed by atoms with Crippen molar-refractivity contribution in [1.29, 1.82) is 0 Å². The monoisotopic (exact) mass is 289 g/mol. The van der Waals surface area contributed by atoms with Crippen LogP contribution in [0.1, 0.15) is 11.3 Å². The number of ether oxygens (including phenoxy) is 3. The van der Waals surface area contributed by atoms with Gasteiger partial charge in [0, 0.05) is 23.9 Å². The molecule has 0 aliphatic rings. The summed E-state index contributed by atoms with van der Waals surface area (Å²) in [5.41, 5.74) is 1.86. The third kappa shape index (κ3) is 3.34. The molecule has 0 bridgehead atoms. The molecule has 2 rings (SSSR count). The van der Waals surface area contributed by atoms with E-state index in [1.54, 1.807) is 21.3 Å². The molecule has 1 N–H and O–H groups in total. The Morgan fingerprint density at radius 2 is 1.76 bits per heavy atom. The quantitative estimate of drug-likeness (QED) is 0.881. The highest BCUT2D eigenvalue weighted by atomic mass is 16.5. The normalized spacial score (nSPS) is 10.1. The van der Waals surface area contributed by atoms with Crippen LogP contribution in [0.3, 0.4) is 0 Å². The van der Waals surface area contributed by atoms with E-state index in [0.29, 0.717) is 23.8 Å². The van der Waals surface area contributed by atoms with Gasteiger partial charge in [0.15, 0.2) is 11.5 Å². The first kappa shape index (κ1) is 14.9. The molecule has 0 aliphatic heterocycles. The van der Waals surface area contributed by atoms with Gasteiger partial charge in [-0.15, -0.1) is 0 Å². The Balaban J connectivity index is 2.23. The standard InChI is InChI=1S/C15H19N3O3/c1-10-7-13(18-9-17-10)16-8-11-5-6-12(19-2)15(21-4)14(11)20-3/h5-7,9H,8H2,1-4H3,(H,16,17,18). The van der Waals surface area contributed by atoms with Crippen LogP contribution in [0.5, 0.6) is 17.2 Å². The van der Waals surface area contributed by atoms with Crippen LogP contribution in [-0.4, -0.2) is 31.3 Å². The number of benzene rings is 1. The van der Waals surface area contributed by atoms with Crippen molar-refractivity contribution >= 4 is 5.82 Å². The molecule has 6 heteroatoms. The van der Waals surface area contributed by atoms with E-state index >= 15 is 0 Å². The smallest absolute Gasteiger partial charge is 0.203 e. The van der Waals surface area contributed by atoms with Crippen LogP contribution in [0.2, 0.25) is 0 Å². The third-order valence-electron chi connectivity index (χ3n) is 3.05. The van der Waals surface area contributed by atoms with Gasteiger partial charge in [0.05, 0.1) is 21.3 Å². The van der Waals surface area contributed by atoms with Gasteiger partial charge < -0.3 is 19.5 Å². The number of nitrogens with one attached hydrogen (secondary N) is 1. The van der Waals surface area contributed by atoms with Crippen molar-refractivity contribution in [1.82, 2.24) is 9.97 Å². The van der Waals surface area contributed by atoms with Crippen LogP contribution >= 0.6 is 0 Å². The van der Waals surface area contributed by atoms with E-state index in [0.717, 1.165) is 17.1 Å². The van der Waals surface area contributed by atoms with Crippen molar-refractivity contribution in [3.63, 3.8) is 0 Å². The minimum absolute atomic E-state index is 0.556. The Morgan fingerprint density at radius 3 is 2.38 bits per heavy atom. The Hall–Kier alpha value is -2.50. The maximum Gasteiger partial charge on any atom is 0.203 e. The number of anilines is 1. The fourth-order valence-electron chi connectivity index (χ4n) is 2.04. The average molecular weight is 289 g/mol. The summed E-state index contributed by atoms with van der Waals surface area (Å²) < 4.78 is 16.1. The second-order valence-corrected chi connectivity index (χ2v) is 4.39. The van der Waals surface area contributed by atoms with Crippen LogP contribution in [0.25, 0.3) is 0 Å². The third-order valence-corrected chi connectivity index (χ3v) is 3.05. The van der Waals surface area contributed by atoms with Gasteiger partial charge in [0.1, 0.15) is 12.1 Å². The number of aromatic nitrogens is 2. The molecule has 112 valence electrons. The van der Waals surface area contributed by atoms with Gasteiger partial charge in [0.2, 0.25) is 5.75 Å². The topological polar surface area (TPSA) is 65.5 Å². The molecular formula is C15H19N3O3. The van der Waals surface area contributed by atoms with Gasteiger partial charge in [-0.3, -0.25) is 0 Å². The lowest BCUT2D eigenvalue weighted by Crippen LogP contribution is -2.05. The minimum Gasteiger partial charge on any atom is -0.493 e. The number of nitrogens with zero attached hydrogens (tertiary/aromatic N) is 2. The molecule has 0 amide bonds. The second-order valence-electron chi connectivity index (χ2n) is 4.39. The molecule has 6 nitrogen and oxygen atoms in total. The van der Waals surface area contributed by atoms with Gasteiger partial charge in [-0.2, -0.15) is 0 Å². The SMILES string of the molecule is COc1ccc(CNc2cc(C)ncn2)c(OC)c1OC. The highest BCUT2D eigenvalue weighted by molar-refractivity contribution is 5.56. The molecule has 1 aromatic carbocycles. The zero-order chi connectivity index (χ0) is 15.2. The predicted octanol–water partition coefficient (Wildman–Crippen LogP) is 2.42. The van der Waals surface area contributed by atoms with Crippen molar-refractivity contribution in [2.45, 2.75) is 13.5 Å². The molecule has 0 saturated heterocycles. The molecule has 1 aromatic heterocycles. The summed E-state index contributed by atoms with van der Waals surface area (Å²) in [4.78, 5) is 8.23. The van der Waals surface area contributed by atoms with Gasteiger partial charge in [-0.25, -0.2) is 9.97 Å². The fraction of sp³-hybridized carbons (Fsp3) is 0.333. The van der Waals surface area contributed by atoms with Crippen LogP contribution in [0.15, 0.2) is 24.5 Å². The molecule has 0 saturated carbocycles. The molecule has 0 fully saturated rings. The van der Waals surface area contributed by atoms with Crippen molar-refractivity contribution < 1.29 is 14.2 Å². The lowest BCUT2D eigenvalue weighted by molar-refractivity contribution is 0.322. The zero-order valence-corrected chi connectivity index (χ0v) is 12.6. The van der Waals surface area contributed by atoms with Crippen LogP contribution in [0.4, 0.5) is 5.82 Å². The minimum atomic E-state index is 0.556. The number of rotatable bonds is 6. The molecule has 0 spiro atoms. The highest BCUT2D eigenvalue weighted by Gasteiger charge is 2.15. The summed E-state index contributed by atoms with van der Waals surface area (Å²) in [6.45, 7) is 2.48. The van der Waals surface area contributed by atoms with Gasteiger partial charge >= 0.3 is 0 Å². The summed E-state index contributed by atoms with van der Waals surface area (Å²) in [6, 6.07) is 5.66. The molecule has 0 radical (unpaired) electrons. The van der Waals surface area contributed by atoms with E-state index in [-0.39, 0.29) is 0 Å². The van der Waals surface area contributed by atoms with E-state index in [9.17, 15) is 0 Å². The maximum atomic E-state index is 5.44. The maximum absolute atomic E-state index is 5.44. The van der Waals surface area contributed by atoms with E-state index in [1.165, 1.54) is 6.33 Å². The fourth-order valence-corrected chi connectivity index (χ4v) is 2.04. The Bertz CT molecular complexity index is 617. The van der Waals surface area contributed by atoms with E-state index in [4.69, 9.17) is 14.2 Å². The second kappa shape index (κ2) is 6.78. The summed E-state index contributed by atoms with van der Waals surface area (Å²) in [6.07, 6.45) is 1.53.